The molecule has 1 aromatic rings. The molecule has 1 saturated carbocycles. The van der Waals surface area contributed by atoms with Gasteiger partial charge in [0.1, 0.15) is 6.04 Å². The van der Waals surface area contributed by atoms with E-state index in [1.165, 1.54) is 11.3 Å². The lowest BCUT2D eigenvalue weighted by atomic mass is 10.1. The van der Waals surface area contributed by atoms with Crippen LogP contribution in [0.5, 0.6) is 0 Å². The van der Waals surface area contributed by atoms with Crippen LogP contribution in [0.3, 0.4) is 0 Å². The molecular weight excluding hydrogens is 286 g/mol. The molecule has 0 radical (unpaired) electrons. The molecule has 5 nitrogen and oxygen atoms in total. The summed E-state index contributed by atoms with van der Waals surface area (Å²) in [6.07, 6.45) is 2.35. The Morgan fingerprint density at radius 3 is 2.58 bits per heavy atom. The first-order chi connectivity index (χ1) is 8.79. The van der Waals surface area contributed by atoms with Crippen LogP contribution in [-0.2, 0) is 14.8 Å². The molecule has 106 valence electrons. The summed E-state index contributed by atoms with van der Waals surface area (Å²) in [6, 6.07) is 0.551. The zero-order valence-electron chi connectivity index (χ0n) is 10.8. The van der Waals surface area contributed by atoms with Crippen molar-refractivity contribution in [3.8, 4) is 0 Å². The largest absolute Gasteiger partial charge is 0.480 e. The number of thiophene rings is 1. The van der Waals surface area contributed by atoms with E-state index < -0.39 is 22.0 Å². The molecule has 1 heterocycles. The Kier molecular flexibility index (Phi) is 3.98. The molecule has 1 fully saturated rings. The first kappa shape index (κ1) is 14.5. The Labute approximate surface area is 116 Å². The van der Waals surface area contributed by atoms with Crippen molar-refractivity contribution >= 4 is 27.3 Å². The second-order valence-corrected chi connectivity index (χ2v) is 8.11. The van der Waals surface area contributed by atoms with Crippen molar-refractivity contribution in [2.24, 2.45) is 5.92 Å². The highest BCUT2D eigenvalue weighted by molar-refractivity contribution is 7.89. The lowest BCUT2D eigenvalue weighted by molar-refractivity contribution is -0.139. The zero-order chi connectivity index (χ0) is 14.2. The Morgan fingerprint density at radius 2 is 2.16 bits per heavy atom. The fourth-order valence-electron chi connectivity index (χ4n) is 2.01. The number of nitrogens with one attached hydrogen (secondary N) is 1. The van der Waals surface area contributed by atoms with Crippen molar-refractivity contribution in [2.75, 3.05) is 0 Å². The molecule has 0 aromatic carbocycles. The fraction of sp³-hybridized carbons (Fsp3) is 0.583. The van der Waals surface area contributed by atoms with Gasteiger partial charge in [-0.05, 0) is 32.3 Å². The third-order valence-corrected chi connectivity index (χ3v) is 5.84. The molecule has 0 unspecified atom stereocenters. The van der Waals surface area contributed by atoms with Crippen LogP contribution in [-0.4, -0.2) is 25.5 Å². The van der Waals surface area contributed by atoms with Gasteiger partial charge in [0.25, 0.3) is 0 Å². The van der Waals surface area contributed by atoms with Crippen LogP contribution in [0.1, 0.15) is 29.0 Å². The number of sulfonamides is 1. The van der Waals surface area contributed by atoms with Gasteiger partial charge in [0, 0.05) is 9.75 Å². The fourth-order valence-corrected chi connectivity index (χ4v) is 4.77. The van der Waals surface area contributed by atoms with Crippen LogP contribution in [0, 0.1) is 19.8 Å². The molecule has 0 saturated heterocycles. The van der Waals surface area contributed by atoms with Crippen molar-refractivity contribution in [3.05, 3.63) is 15.8 Å². The van der Waals surface area contributed by atoms with Gasteiger partial charge in [-0.25, -0.2) is 8.42 Å². The van der Waals surface area contributed by atoms with E-state index in [2.05, 4.69) is 4.72 Å². The van der Waals surface area contributed by atoms with Crippen molar-refractivity contribution in [2.45, 2.75) is 44.0 Å². The number of carboxylic acid groups (broad SMARTS) is 1. The lowest BCUT2D eigenvalue weighted by Gasteiger charge is -2.14. The molecule has 2 rings (SSSR count). The molecule has 1 aliphatic rings. The summed E-state index contributed by atoms with van der Waals surface area (Å²) in [6.45, 7) is 3.55. The van der Waals surface area contributed by atoms with E-state index in [0.29, 0.717) is 17.2 Å². The second kappa shape index (κ2) is 5.22. The Hall–Kier alpha value is -0.920. The summed E-state index contributed by atoms with van der Waals surface area (Å²) < 4.78 is 26.7. The van der Waals surface area contributed by atoms with Crippen LogP contribution >= 0.6 is 11.3 Å². The van der Waals surface area contributed by atoms with E-state index in [9.17, 15) is 13.2 Å². The predicted molar refractivity (Wildman–Crippen MR) is 72.9 cm³/mol. The molecule has 7 heteroatoms. The molecule has 0 bridgehead atoms. The zero-order valence-corrected chi connectivity index (χ0v) is 12.5. The molecule has 0 amide bonds. The number of aliphatic carboxylic acids is 1. The minimum absolute atomic E-state index is 0.192. The van der Waals surface area contributed by atoms with E-state index in [1.807, 2.05) is 6.92 Å². The van der Waals surface area contributed by atoms with Crippen LogP contribution in [0.4, 0.5) is 0 Å². The Bertz CT molecular complexity index is 587. The number of rotatable bonds is 6. The molecule has 0 aliphatic heterocycles. The van der Waals surface area contributed by atoms with Gasteiger partial charge in [0.15, 0.2) is 0 Å². The van der Waals surface area contributed by atoms with Gasteiger partial charge in [-0.3, -0.25) is 4.79 Å². The number of carboxylic acids is 1. The van der Waals surface area contributed by atoms with Gasteiger partial charge in [-0.15, -0.1) is 11.3 Å². The summed E-state index contributed by atoms with van der Waals surface area (Å²) in [5.41, 5.74) is 0. The average Bonchev–Trinajstić information content (AvgIpc) is 3.01. The van der Waals surface area contributed by atoms with Crippen molar-refractivity contribution in [3.63, 3.8) is 0 Å². The molecule has 1 aliphatic carbocycles. The van der Waals surface area contributed by atoms with E-state index in [-0.39, 0.29) is 4.90 Å². The Balaban J connectivity index is 2.18. The van der Waals surface area contributed by atoms with E-state index in [4.69, 9.17) is 5.11 Å². The highest BCUT2D eigenvalue weighted by atomic mass is 32.2. The molecule has 0 spiro atoms. The highest BCUT2D eigenvalue weighted by Gasteiger charge is 2.33. The van der Waals surface area contributed by atoms with Crippen LogP contribution in [0.25, 0.3) is 0 Å². The Morgan fingerprint density at radius 1 is 1.53 bits per heavy atom. The molecule has 1 atom stereocenters. The smallest absolute Gasteiger partial charge is 0.321 e. The van der Waals surface area contributed by atoms with E-state index >= 15 is 0 Å². The maximum absolute atomic E-state index is 12.2. The molecule has 1 aromatic heterocycles. The first-order valence-corrected chi connectivity index (χ1v) is 8.41. The van der Waals surface area contributed by atoms with Crippen LogP contribution in [0.2, 0.25) is 0 Å². The SMILES string of the molecule is Cc1cc(S(=O)(=O)N[C@@H](CC2CC2)C(=O)O)c(C)s1. The molecule has 2 N–H and O–H groups in total. The summed E-state index contributed by atoms with van der Waals surface area (Å²) in [4.78, 5) is 12.9. The third kappa shape index (κ3) is 3.55. The second-order valence-electron chi connectivity index (χ2n) is 4.97. The van der Waals surface area contributed by atoms with Gasteiger partial charge in [-0.2, -0.15) is 4.72 Å². The van der Waals surface area contributed by atoms with Crippen molar-refractivity contribution < 1.29 is 18.3 Å². The maximum atomic E-state index is 12.2. The highest BCUT2D eigenvalue weighted by Crippen LogP contribution is 2.34. The van der Waals surface area contributed by atoms with Gasteiger partial charge in [-0.1, -0.05) is 12.8 Å². The minimum Gasteiger partial charge on any atom is -0.480 e. The lowest BCUT2D eigenvalue weighted by Crippen LogP contribution is -2.41. The summed E-state index contributed by atoms with van der Waals surface area (Å²) in [7, 11) is -3.75. The van der Waals surface area contributed by atoms with Gasteiger partial charge >= 0.3 is 5.97 Å². The van der Waals surface area contributed by atoms with E-state index in [0.717, 1.165) is 17.7 Å². The quantitative estimate of drug-likeness (QED) is 0.840. The van der Waals surface area contributed by atoms with Crippen LogP contribution < -0.4 is 4.72 Å². The average molecular weight is 303 g/mol. The standard InChI is InChI=1S/C12H17NO4S2/c1-7-5-11(8(2)18-7)19(16,17)13-10(12(14)15)6-9-3-4-9/h5,9-10,13H,3-4,6H2,1-2H3,(H,14,15)/t10-/m0/s1. The van der Waals surface area contributed by atoms with Crippen molar-refractivity contribution in [1.29, 1.82) is 0 Å². The van der Waals surface area contributed by atoms with E-state index in [1.54, 1.807) is 13.0 Å². The van der Waals surface area contributed by atoms with Gasteiger partial charge in [0.05, 0.1) is 4.90 Å². The third-order valence-electron chi connectivity index (χ3n) is 3.15. The number of hydrogen-bond acceptors (Lipinski definition) is 4. The summed E-state index contributed by atoms with van der Waals surface area (Å²) in [5.74, 6) is -0.769. The molecular formula is C12H17NO4S2. The number of carbonyl (C=O) groups is 1. The monoisotopic (exact) mass is 303 g/mol. The summed E-state index contributed by atoms with van der Waals surface area (Å²) in [5, 5.41) is 9.11. The number of hydrogen-bond donors (Lipinski definition) is 2. The van der Waals surface area contributed by atoms with Gasteiger partial charge < -0.3 is 5.11 Å². The van der Waals surface area contributed by atoms with Crippen LogP contribution in [0.15, 0.2) is 11.0 Å². The molecule has 19 heavy (non-hydrogen) atoms. The topological polar surface area (TPSA) is 83.5 Å². The predicted octanol–water partition coefficient (Wildman–Crippen LogP) is 1.90. The normalized spacial score (nSPS) is 17.4. The van der Waals surface area contributed by atoms with Crippen molar-refractivity contribution in [1.82, 2.24) is 4.72 Å². The maximum Gasteiger partial charge on any atom is 0.321 e. The van der Waals surface area contributed by atoms with Gasteiger partial charge in [0.2, 0.25) is 10.0 Å². The summed E-state index contributed by atoms with van der Waals surface area (Å²) >= 11 is 1.39. The number of aryl methyl sites for hydroxylation is 2. The first-order valence-electron chi connectivity index (χ1n) is 6.12. The minimum atomic E-state index is -3.75.